The normalized spacial score (nSPS) is 13.1. The maximum absolute atomic E-state index is 7.43. The Kier molecular flexibility index (Phi) is 7.58. The van der Waals surface area contributed by atoms with Gasteiger partial charge in [-0.3, -0.25) is 0 Å². The van der Waals surface area contributed by atoms with Crippen LogP contribution in [-0.2, 0) is 5.41 Å². The Hall–Kier alpha value is -7.62. The number of rotatable bonds is 5. The molecule has 1 aliphatic carbocycles. The average Bonchev–Trinajstić information content (AvgIpc) is 3.73. The summed E-state index contributed by atoms with van der Waals surface area (Å²) in [6.45, 7) is 4.69. The number of anilines is 3. The zero-order chi connectivity index (χ0) is 40.0. The molecule has 0 atom stereocenters. The quantitative estimate of drug-likeness (QED) is 0.174. The highest BCUT2D eigenvalue weighted by molar-refractivity contribution is 6.09. The molecule has 0 N–H and O–H groups in total. The van der Waals surface area contributed by atoms with Gasteiger partial charge in [0, 0.05) is 49.8 Å². The summed E-state index contributed by atoms with van der Waals surface area (Å²) >= 11 is 0. The molecule has 60 heavy (non-hydrogen) atoms. The highest BCUT2D eigenvalue weighted by atomic mass is 16.5. The van der Waals surface area contributed by atoms with E-state index >= 15 is 0 Å². The molecule has 1 aromatic heterocycles. The van der Waals surface area contributed by atoms with Crippen LogP contribution in [0.4, 0.5) is 17.1 Å². The van der Waals surface area contributed by atoms with Crippen molar-refractivity contribution >= 4 is 39.0 Å². The molecule has 3 heteroatoms. The van der Waals surface area contributed by atoms with Gasteiger partial charge in [0.1, 0.15) is 16.9 Å². The monoisotopic (exact) mass is 769 g/mol. The maximum Gasteiger partial charge on any atom is 0.159 e. The standard InChI is InChI=1S/C57H39NO2/c1-57(2)50-26-10-8-19-44(50)45-34-33-39(35-51(45)57)58(38-31-29-37(30-32-38)41-22-13-24-49-46-20-9-11-28-53(46)59-54(41)49)52-27-14-25-48-43-18-7-6-17-42(43)47-23-12-21-40(55(47)60-56(48)52)36-15-4-3-5-16-36/h3-35H,1-2H3. The molecule has 2 aliphatic rings. The second-order valence-corrected chi connectivity index (χ2v) is 16.4. The minimum atomic E-state index is -0.171. The fraction of sp³-hybridized carbons (Fsp3) is 0.0526. The van der Waals surface area contributed by atoms with Gasteiger partial charge in [0.15, 0.2) is 5.75 Å². The van der Waals surface area contributed by atoms with E-state index in [0.29, 0.717) is 0 Å². The van der Waals surface area contributed by atoms with Crippen molar-refractivity contribution in [3.05, 3.63) is 211 Å². The fourth-order valence-electron chi connectivity index (χ4n) is 9.80. The molecule has 0 spiro atoms. The fourth-order valence-corrected chi connectivity index (χ4v) is 9.80. The summed E-state index contributed by atoms with van der Waals surface area (Å²) in [6, 6.07) is 71.7. The maximum atomic E-state index is 7.43. The van der Waals surface area contributed by atoms with E-state index in [-0.39, 0.29) is 5.41 Å². The summed E-state index contributed by atoms with van der Waals surface area (Å²) in [5, 5.41) is 2.25. The first-order valence-electron chi connectivity index (χ1n) is 20.7. The smallest absolute Gasteiger partial charge is 0.159 e. The van der Waals surface area contributed by atoms with Crippen molar-refractivity contribution in [1.82, 2.24) is 0 Å². The molecule has 0 unspecified atom stereocenters. The molecule has 2 heterocycles. The number of furan rings is 1. The van der Waals surface area contributed by atoms with Crippen LogP contribution >= 0.6 is 0 Å². The van der Waals surface area contributed by atoms with Gasteiger partial charge in [0.2, 0.25) is 0 Å². The Morgan fingerprint density at radius 2 is 0.950 bits per heavy atom. The lowest BCUT2D eigenvalue weighted by Crippen LogP contribution is -2.17. The van der Waals surface area contributed by atoms with Crippen molar-refractivity contribution in [2.24, 2.45) is 0 Å². The molecule has 0 amide bonds. The van der Waals surface area contributed by atoms with Gasteiger partial charge in [-0.1, -0.05) is 178 Å². The van der Waals surface area contributed by atoms with Crippen molar-refractivity contribution in [3.8, 4) is 67.1 Å². The molecule has 9 aromatic carbocycles. The summed E-state index contributed by atoms with van der Waals surface area (Å²) < 4.78 is 13.9. The summed E-state index contributed by atoms with van der Waals surface area (Å²) in [6.07, 6.45) is 0. The van der Waals surface area contributed by atoms with Crippen LogP contribution in [0.5, 0.6) is 11.5 Å². The molecule has 0 saturated carbocycles. The number of benzene rings is 9. The van der Waals surface area contributed by atoms with Crippen LogP contribution in [0.2, 0.25) is 0 Å². The molecule has 1 aliphatic heterocycles. The third-order valence-electron chi connectivity index (χ3n) is 12.7. The van der Waals surface area contributed by atoms with Gasteiger partial charge in [-0.05, 0) is 80.9 Å². The van der Waals surface area contributed by atoms with Crippen molar-refractivity contribution < 1.29 is 9.15 Å². The lowest BCUT2D eigenvalue weighted by atomic mass is 9.82. The summed E-state index contributed by atoms with van der Waals surface area (Å²) in [5.74, 6) is 1.66. The number of fused-ring (bicyclic) bond motifs is 11. The summed E-state index contributed by atoms with van der Waals surface area (Å²) in [7, 11) is 0. The van der Waals surface area contributed by atoms with Crippen LogP contribution in [0.25, 0.3) is 77.6 Å². The summed E-state index contributed by atoms with van der Waals surface area (Å²) in [5.41, 5.74) is 18.6. The molecule has 12 rings (SSSR count). The van der Waals surface area contributed by atoms with E-state index in [1.807, 2.05) is 12.1 Å². The Bertz CT molecular complexity index is 3320. The van der Waals surface area contributed by atoms with E-state index in [9.17, 15) is 0 Å². The predicted molar refractivity (Wildman–Crippen MR) is 248 cm³/mol. The number of hydrogen-bond acceptors (Lipinski definition) is 3. The highest BCUT2D eigenvalue weighted by Gasteiger charge is 2.36. The molecule has 0 bridgehead atoms. The molecule has 0 saturated heterocycles. The lowest BCUT2D eigenvalue weighted by Gasteiger charge is -2.30. The predicted octanol–water partition coefficient (Wildman–Crippen LogP) is 16.1. The molecule has 3 nitrogen and oxygen atoms in total. The third-order valence-corrected chi connectivity index (χ3v) is 12.7. The van der Waals surface area contributed by atoms with Gasteiger partial charge in [0.25, 0.3) is 0 Å². The molecule has 0 radical (unpaired) electrons. The zero-order valence-corrected chi connectivity index (χ0v) is 33.3. The Morgan fingerprint density at radius 1 is 0.383 bits per heavy atom. The van der Waals surface area contributed by atoms with Crippen LogP contribution in [0, 0.1) is 0 Å². The lowest BCUT2D eigenvalue weighted by molar-refractivity contribution is 0.490. The Balaban J connectivity index is 1.08. The average molecular weight is 770 g/mol. The van der Waals surface area contributed by atoms with Crippen LogP contribution < -0.4 is 9.64 Å². The third kappa shape index (κ3) is 5.15. The number of para-hydroxylation sites is 4. The van der Waals surface area contributed by atoms with Crippen LogP contribution in [0.15, 0.2) is 205 Å². The van der Waals surface area contributed by atoms with E-state index in [1.165, 1.54) is 22.3 Å². The second kappa shape index (κ2) is 13.2. The van der Waals surface area contributed by atoms with Gasteiger partial charge in [-0.15, -0.1) is 0 Å². The number of ether oxygens (including phenoxy) is 1. The minimum absolute atomic E-state index is 0.171. The Labute approximate surface area is 349 Å². The number of hydrogen-bond donors (Lipinski definition) is 0. The van der Waals surface area contributed by atoms with Crippen molar-refractivity contribution in [1.29, 1.82) is 0 Å². The van der Waals surface area contributed by atoms with Crippen molar-refractivity contribution in [2.45, 2.75) is 19.3 Å². The largest absolute Gasteiger partial charge is 0.455 e. The van der Waals surface area contributed by atoms with Crippen LogP contribution in [-0.4, -0.2) is 0 Å². The van der Waals surface area contributed by atoms with Gasteiger partial charge in [-0.2, -0.15) is 0 Å². The van der Waals surface area contributed by atoms with Crippen LogP contribution in [0.1, 0.15) is 25.0 Å². The van der Waals surface area contributed by atoms with Gasteiger partial charge in [-0.25, -0.2) is 0 Å². The molecular weight excluding hydrogens is 731 g/mol. The molecule has 284 valence electrons. The van der Waals surface area contributed by atoms with E-state index < -0.39 is 0 Å². The summed E-state index contributed by atoms with van der Waals surface area (Å²) in [4.78, 5) is 2.38. The van der Waals surface area contributed by atoms with E-state index in [0.717, 1.165) is 95.0 Å². The molecular formula is C57H39NO2. The van der Waals surface area contributed by atoms with E-state index in [1.54, 1.807) is 0 Å². The van der Waals surface area contributed by atoms with Crippen LogP contribution in [0.3, 0.4) is 0 Å². The van der Waals surface area contributed by atoms with Gasteiger partial charge >= 0.3 is 0 Å². The zero-order valence-electron chi connectivity index (χ0n) is 33.3. The number of nitrogens with zero attached hydrogens (tertiary/aromatic N) is 1. The van der Waals surface area contributed by atoms with E-state index in [4.69, 9.17) is 9.15 Å². The van der Waals surface area contributed by atoms with Gasteiger partial charge < -0.3 is 14.1 Å². The van der Waals surface area contributed by atoms with E-state index in [2.05, 4.69) is 207 Å². The molecule has 10 aromatic rings. The van der Waals surface area contributed by atoms with Crippen molar-refractivity contribution in [3.63, 3.8) is 0 Å². The Morgan fingerprint density at radius 3 is 1.77 bits per heavy atom. The molecule has 0 fully saturated rings. The second-order valence-electron chi connectivity index (χ2n) is 16.4. The highest BCUT2D eigenvalue weighted by Crippen LogP contribution is 2.56. The van der Waals surface area contributed by atoms with Crippen molar-refractivity contribution in [2.75, 3.05) is 4.90 Å². The topological polar surface area (TPSA) is 25.6 Å². The first-order valence-corrected chi connectivity index (χ1v) is 20.7. The first-order chi connectivity index (χ1) is 29.5. The minimum Gasteiger partial charge on any atom is -0.455 e. The SMILES string of the molecule is CC1(C)c2ccccc2-c2ccc(N(c3ccc(-c4cccc5c4oc4ccccc45)cc3)c3cccc4c3Oc3c(-c5ccccc5)cccc3-c3ccccc3-4)cc21. The first kappa shape index (κ1) is 34.4. The van der Waals surface area contributed by atoms with Gasteiger partial charge in [0.05, 0.1) is 5.69 Å².